The molecule has 84 heavy (non-hydrogen) atoms. The highest BCUT2D eigenvalue weighted by molar-refractivity contribution is 6.10. The second-order valence-corrected chi connectivity index (χ2v) is 25.0. The number of unbranched alkanes of at least 4 members (excludes halogenated alkanes) is 2. The average molecular weight is 1140 g/mol. The van der Waals surface area contributed by atoms with Gasteiger partial charge >= 0.3 is 18.1 Å². The molecule has 11 heteroatoms. The van der Waals surface area contributed by atoms with Crippen LogP contribution in [0.4, 0.5) is 23.2 Å². The van der Waals surface area contributed by atoms with Crippen molar-refractivity contribution in [2.45, 2.75) is 141 Å². The van der Waals surface area contributed by atoms with Crippen LogP contribution in [0.2, 0.25) is 0 Å². The van der Waals surface area contributed by atoms with E-state index in [0.717, 1.165) is 91.7 Å². The van der Waals surface area contributed by atoms with Gasteiger partial charge in [0.05, 0.1) is 24.2 Å². The molecule has 1 atom stereocenters. The third-order valence-electron chi connectivity index (χ3n) is 19.3. The predicted molar refractivity (Wildman–Crippen MR) is 325 cm³/mol. The molecule has 7 aromatic rings. The maximum atomic E-state index is 15.3. The summed E-state index contributed by atoms with van der Waals surface area (Å²) < 4.78 is 86.4. The quantitative estimate of drug-likeness (QED) is 0.0465. The van der Waals surface area contributed by atoms with Crippen molar-refractivity contribution in [1.29, 1.82) is 0 Å². The summed E-state index contributed by atoms with van der Waals surface area (Å²) in [7, 11) is 1.47. The summed E-state index contributed by atoms with van der Waals surface area (Å²) in [5.74, 6) is 2.23. The summed E-state index contributed by atoms with van der Waals surface area (Å²) in [5, 5.41) is 1.02. The maximum Gasteiger partial charge on any atom is 0.416 e. The molecule has 1 unspecified atom stereocenters. The molecule has 1 saturated heterocycles. The summed E-state index contributed by atoms with van der Waals surface area (Å²) in [6.07, 6.45) is 17.3. The number of ether oxygens (including phenoxy) is 4. The van der Waals surface area contributed by atoms with Crippen LogP contribution in [-0.2, 0) is 22.0 Å². The first-order valence-electron chi connectivity index (χ1n) is 30.6. The van der Waals surface area contributed by atoms with E-state index < -0.39 is 34.5 Å². The Balaban J connectivity index is 0.821. The standard InChI is InChI=1S/C73H75F4NO6/c1-6-7-9-12-46-13-15-47(16-14-46)48-17-21-51(22-18-48)69(79)82-57-35-25-50(26-36-57)49-19-23-52(24-20-49)70(80)83-64-43-59-60(44-63(64)81-5)68-58(67-65(59)61-41-45(2)42-62(73(75,76)77)66(61)71(67,3)4)37-38-72(84-68,53-27-31-55(74)32-28-53)54-29-33-56(34-30-54)78-39-10-8-11-40-78/h19-20,23-38,41-44,46-48,51H,6-18,21-22,39-40H2,1-5H3. The fraction of sp³-hybridized carbons (Fsp3) is 0.397. The Labute approximate surface area is 491 Å². The Morgan fingerprint density at radius 2 is 1.31 bits per heavy atom. The second kappa shape index (κ2) is 23.2. The Bertz CT molecular complexity index is 3600. The van der Waals surface area contributed by atoms with Crippen molar-refractivity contribution in [2.24, 2.45) is 23.7 Å². The zero-order chi connectivity index (χ0) is 58.5. The van der Waals surface area contributed by atoms with E-state index in [1.807, 2.05) is 74.5 Å². The van der Waals surface area contributed by atoms with Crippen molar-refractivity contribution in [3.8, 4) is 45.3 Å². The van der Waals surface area contributed by atoms with Crippen molar-refractivity contribution in [2.75, 3.05) is 25.1 Å². The lowest BCUT2D eigenvalue weighted by Gasteiger charge is -2.39. The van der Waals surface area contributed by atoms with Gasteiger partial charge in [0.15, 0.2) is 17.1 Å². The maximum absolute atomic E-state index is 15.3. The number of hydrogen-bond donors (Lipinski definition) is 0. The highest BCUT2D eigenvalue weighted by atomic mass is 19.4. The number of benzene rings is 7. The number of aryl methyl sites for hydroxylation is 1. The van der Waals surface area contributed by atoms with Crippen LogP contribution >= 0.6 is 0 Å². The summed E-state index contributed by atoms with van der Waals surface area (Å²) in [6, 6.07) is 35.2. The topological polar surface area (TPSA) is 74.3 Å². The Kier molecular flexibility index (Phi) is 15.8. The number of nitrogens with zero attached hydrogens (tertiary/aromatic N) is 1. The molecule has 3 fully saturated rings. The highest BCUT2D eigenvalue weighted by Gasteiger charge is 2.49. The largest absolute Gasteiger partial charge is 0.493 e. The summed E-state index contributed by atoms with van der Waals surface area (Å²) in [4.78, 5) is 30.1. The average Bonchev–Trinajstić information content (AvgIpc) is 1.57. The van der Waals surface area contributed by atoms with Gasteiger partial charge in [0.25, 0.3) is 0 Å². The minimum absolute atomic E-state index is 0.0641. The number of esters is 2. The van der Waals surface area contributed by atoms with Crippen molar-refractivity contribution in [3.05, 3.63) is 178 Å². The molecule has 0 radical (unpaired) electrons. The molecular formula is C73H75F4NO6. The van der Waals surface area contributed by atoms with E-state index >= 15 is 13.2 Å². The van der Waals surface area contributed by atoms with Crippen LogP contribution in [0.25, 0.3) is 39.1 Å². The van der Waals surface area contributed by atoms with E-state index in [-0.39, 0.29) is 34.5 Å². The lowest BCUT2D eigenvalue weighted by molar-refractivity contribution is -0.140. The monoisotopic (exact) mass is 1140 g/mol. The van der Waals surface area contributed by atoms with Crippen LogP contribution in [0.3, 0.4) is 0 Å². The fourth-order valence-electron chi connectivity index (χ4n) is 14.9. The number of fused-ring (bicyclic) bond motifs is 8. The Morgan fingerprint density at radius 1 is 0.690 bits per heavy atom. The van der Waals surface area contributed by atoms with Gasteiger partial charge in [0.2, 0.25) is 0 Å². The predicted octanol–water partition coefficient (Wildman–Crippen LogP) is 18.9. The highest BCUT2D eigenvalue weighted by Crippen LogP contribution is 2.61. The molecule has 2 heterocycles. The Hall–Kier alpha value is -7.40. The molecule has 436 valence electrons. The number of rotatable bonds is 14. The van der Waals surface area contributed by atoms with Gasteiger partial charge in [-0.3, -0.25) is 4.79 Å². The normalized spacial score (nSPS) is 21.7. The van der Waals surface area contributed by atoms with Gasteiger partial charge in [-0.1, -0.05) is 120 Å². The van der Waals surface area contributed by atoms with Gasteiger partial charge in [-0.25, -0.2) is 9.18 Å². The minimum atomic E-state index is -4.67. The SMILES string of the molecule is CCCCCC1CCC(C2CCC(C(=O)Oc3ccc(-c4ccc(C(=O)Oc5cc6c7c(c8c(c6cc5OC)OC(c5ccc(F)cc5)(c5ccc(N6CCCCC6)cc5)C=C8)C(C)(C)c5c-7cc(C)cc5C(F)(F)F)cc4)cc3)CC2)CC1. The zero-order valence-corrected chi connectivity index (χ0v) is 48.9. The van der Waals surface area contributed by atoms with E-state index in [9.17, 15) is 14.0 Å². The molecule has 12 rings (SSSR count). The number of carbonyl (C=O) groups is 2. The third-order valence-corrected chi connectivity index (χ3v) is 19.3. The van der Waals surface area contributed by atoms with E-state index in [1.54, 1.807) is 49.4 Å². The van der Waals surface area contributed by atoms with Crippen LogP contribution in [0.15, 0.2) is 127 Å². The fourth-order valence-corrected chi connectivity index (χ4v) is 14.9. The molecule has 0 spiro atoms. The summed E-state index contributed by atoms with van der Waals surface area (Å²) >= 11 is 0. The number of piperidine rings is 1. The molecule has 0 N–H and O–H groups in total. The molecule has 0 bridgehead atoms. The number of halogens is 4. The first-order chi connectivity index (χ1) is 40.5. The molecular weight excluding hydrogens is 1060 g/mol. The van der Waals surface area contributed by atoms with Gasteiger partial charge in [-0.15, -0.1) is 0 Å². The number of anilines is 1. The van der Waals surface area contributed by atoms with Crippen LogP contribution in [0, 0.1) is 36.4 Å². The van der Waals surface area contributed by atoms with E-state index in [1.165, 1.54) is 83.1 Å². The van der Waals surface area contributed by atoms with Crippen molar-refractivity contribution < 1.29 is 46.1 Å². The van der Waals surface area contributed by atoms with Crippen molar-refractivity contribution >= 4 is 34.5 Å². The number of methoxy groups -OCH3 is 1. The molecule has 3 aliphatic carbocycles. The number of carbonyl (C=O) groups excluding carboxylic acids is 2. The lowest BCUT2D eigenvalue weighted by atomic mass is 9.68. The molecule has 2 aliphatic heterocycles. The molecule has 0 amide bonds. The van der Waals surface area contributed by atoms with Crippen LogP contribution in [-0.4, -0.2) is 32.1 Å². The molecule has 7 aromatic carbocycles. The van der Waals surface area contributed by atoms with Gasteiger partial charge in [0, 0.05) is 46.3 Å². The lowest BCUT2D eigenvalue weighted by Crippen LogP contribution is -2.35. The van der Waals surface area contributed by atoms with E-state index in [4.69, 9.17) is 18.9 Å². The van der Waals surface area contributed by atoms with Crippen LogP contribution < -0.4 is 23.8 Å². The van der Waals surface area contributed by atoms with Gasteiger partial charge in [-0.05, 0) is 200 Å². The molecule has 2 saturated carbocycles. The minimum Gasteiger partial charge on any atom is -0.493 e. The zero-order valence-electron chi connectivity index (χ0n) is 48.9. The third kappa shape index (κ3) is 10.9. The van der Waals surface area contributed by atoms with Gasteiger partial charge < -0.3 is 23.8 Å². The van der Waals surface area contributed by atoms with Gasteiger partial charge in [-0.2, -0.15) is 13.2 Å². The van der Waals surface area contributed by atoms with Crippen molar-refractivity contribution in [1.82, 2.24) is 0 Å². The molecule has 5 aliphatic rings. The first-order valence-corrected chi connectivity index (χ1v) is 30.6. The number of hydrogen-bond acceptors (Lipinski definition) is 7. The second-order valence-electron chi connectivity index (χ2n) is 25.0. The molecule has 0 aromatic heterocycles. The van der Waals surface area contributed by atoms with Gasteiger partial charge in [0.1, 0.15) is 17.3 Å². The Morgan fingerprint density at radius 3 is 1.94 bits per heavy atom. The van der Waals surface area contributed by atoms with Crippen LogP contribution in [0.5, 0.6) is 23.0 Å². The van der Waals surface area contributed by atoms with E-state index in [0.29, 0.717) is 55.7 Å². The van der Waals surface area contributed by atoms with Crippen molar-refractivity contribution in [3.63, 3.8) is 0 Å². The summed E-state index contributed by atoms with van der Waals surface area (Å²) in [6.45, 7) is 9.48. The first kappa shape index (κ1) is 57.1. The van der Waals surface area contributed by atoms with E-state index in [2.05, 4.69) is 24.0 Å². The molecule has 7 nitrogen and oxygen atoms in total. The number of alkyl halides is 3. The van der Waals surface area contributed by atoms with Crippen LogP contribution in [0.1, 0.15) is 166 Å². The summed E-state index contributed by atoms with van der Waals surface area (Å²) in [5.41, 5.74) is 4.03. The smallest absolute Gasteiger partial charge is 0.416 e.